The minimum Gasteiger partial charge on any atom is -0.469 e. The summed E-state index contributed by atoms with van der Waals surface area (Å²) in [5, 5.41) is 0. The molecule has 0 saturated carbocycles. The second-order valence-corrected chi connectivity index (χ2v) is 6.09. The average Bonchev–Trinajstić information content (AvgIpc) is 3.38. The monoisotopic (exact) mass is 332 g/mol. The van der Waals surface area contributed by atoms with Gasteiger partial charge in [-0.2, -0.15) is 0 Å². The normalized spacial score (nSPS) is 12.4. The lowest BCUT2D eigenvalue weighted by Gasteiger charge is -2.16. The second-order valence-electron chi connectivity index (χ2n) is 6.09. The number of aryl methyl sites for hydroxylation is 2. The zero-order valence-corrected chi connectivity index (χ0v) is 14.1. The van der Waals surface area contributed by atoms with E-state index in [-0.39, 0.29) is 5.92 Å². The molecule has 5 heteroatoms. The van der Waals surface area contributed by atoms with E-state index in [0.717, 1.165) is 35.9 Å². The first-order valence-electron chi connectivity index (χ1n) is 8.43. The zero-order valence-electron chi connectivity index (χ0n) is 14.1. The maximum Gasteiger partial charge on any atom is 0.160 e. The first kappa shape index (κ1) is 15.4. The van der Waals surface area contributed by atoms with Crippen molar-refractivity contribution in [3.05, 3.63) is 84.5 Å². The summed E-state index contributed by atoms with van der Waals surface area (Å²) < 4.78 is 7.85. The number of aromatic amines is 1. The quantitative estimate of drug-likeness (QED) is 0.569. The molecule has 5 nitrogen and oxygen atoms in total. The van der Waals surface area contributed by atoms with E-state index in [4.69, 9.17) is 4.42 Å². The fourth-order valence-corrected chi connectivity index (χ4v) is 3.21. The Bertz CT molecular complexity index is 922. The van der Waals surface area contributed by atoms with Crippen LogP contribution < -0.4 is 0 Å². The SMILES string of the molecule is Cc1[nH]cnc1-c1nccn1CC[C@@H](c1ccccc1)c1ccco1. The molecule has 3 heterocycles. The number of imidazole rings is 2. The Morgan fingerprint density at radius 1 is 1.12 bits per heavy atom. The summed E-state index contributed by atoms with van der Waals surface area (Å²) >= 11 is 0. The number of benzene rings is 1. The molecule has 0 amide bonds. The predicted octanol–water partition coefficient (Wildman–Crippen LogP) is 4.40. The van der Waals surface area contributed by atoms with Gasteiger partial charge in [-0.25, -0.2) is 9.97 Å². The highest BCUT2D eigenvalue weighted by Gasteiger charge is 2.18. The molecule has 1 aromatic carbocycles. The van der Waals surface area contributed by atoms with Crippen LogP contribution in [-0.4, -0.2) is 19.5 Å². The lowest BCUT2D eigenvalue weighted by atomic mass is 9.93. The minimum absolute atomic E-state index is 0.215. The van der Waals surface area contributed by atoms with Crippen LogP contribution in [0.1, 0.15) is 29.4 Å². The van der Waals surface area contributed by atoms with E-state index in [0.29, 0.717) is 0 Å². The molecule has 0 saturated heterocycles. The third-order valence-electron chi connectivity index (χ3n) is 4.50. The Labute approximate surface area is 146 Å². The number of rotatable bonds is 6. The number of hydrogen-bond donors (Lipinski definition) is 1. The molecule has 4 rings (SSSR count). The van der Waals surface area contributed by atoms with Crippen molar-refractivity contribution in [1.82, 2.24) is 19.5 Å². The molecule has 0 bridgehead atoms. The summed E-state index contributed by atoms with van der Waals surface area (Å²) in [5.41, 5.74) is 3.19. The molecule has 1 atom stereocenters. The largest absolute Gasteiger partial charge is 0.469 e. The van der Waals surface area contributed by atoms with E-state index in [1.807, 2.05) is 37.5 Å². The van der Waals surface area contributed by atoms with Gasteiger partial charge in [-0.1, -0.05) is 30.3 Å². The molecule has 1 N–H and O–H groups in total. The van der Waals surface area contributed by atoms with E-state index in [9.17, 15) is 0 Å². The van der Waals surface area contributed by atoms with Gasteiger partial charge in [0.25, 0.3) is 0 Å². The highest BCUT2D eigenvalue weighted by molar-refractivity contribution is 5.52. The van der Waals surface area contributed by atoms with Gasteiger partial charge >= 0.3 is 0 Å². The third kappa shape index (κ3) is 3.13. The van der Waals surface area contributed by atoms with Crippen LogP contribution in [0.4, 0.5) is 0 Å². The third-order valence-corrected chi connectivity index (χ3v) is 4.50. The fraction of sp³-hybridized carbons (Fsp3) is 0.200. The lowest BCUT2D eigenvalue weighted by molar-refractivity contribution is 0.459. The number of H-pyrrole nitrogens is 1. The molecule has 0 aliphatic rings. The highest BCUT2D eigenvalue weighted by Crippen LogP contribution is 2.29. The Morgan fingerprint density at radius 3 is 2.72 bits per heavy atom. The molecule has 0 aliphatic heterocycles. The molecule has 25 heavy (non-hydrogen) atoms. The topological polar surface area (TPSA) is 59.6 Å². The van der Waals surface area contributed by atoms with Gasteiger partial charge in [-0.3, -0.25) is 0 Å². The van der Waals surface area contributed by atoms with E-state index < -0.39 is 0 Å². The van der Waals surface area contributed by atoms with Crippen LogP contribution in [0.3, 0.4) is 0 Å². The smallest absolute Gasteiger partial charge is 0.160 e. The van der Waals surface area contributed by atoms with Gasteiger partial charge in [0, 0.05) is 30.6 Å². The van der Waals surface area contributed by atoms with Crippen LogP contribution in [0.25, 0.3) is 11.5 Å². The van der Waals surface area contributed by atoms with Gasteiger partial charge in [-0.15, -0.1) is 0 Å². The van der Waals surface area contributed by atoms with Crippen LogP contribution in [0.2, 0.25) is 0 Å². The summed E-state index contributed by atoms with van der Waals surface area (Å²) in [7, 11) is 0. The Kier molecular flexibility index (Phi) is 4.21. The van der Waals surface area contributed by atoms with Crippen molar-refractivity contribution >= 4 is 0 Å². The molecule has 4 aromatic rings. The van der Waals surface area contributed by atoms with Gasteiger partial charge in [0.05, 0.1) is 12.6 Å². The second kappa shape index (κ2) is 6.81. The van der Waals surface area contributed by atoms with Gasteiger partial charge < -0.3 is 14.0 Å². The van der Waals surface area contributed by atoms with Gasteiger partial charge in [-0.05, 0) is 31.0 Å². The van der Waals surface area contributed by atoms with Crippen molar-refractivity contribution in [2.45, 2.75) is 25.8 Å². The Hall–Kier alpha value is -3.08. The minimum atomic E-state index is 0.215. The van der Waals surface area contributed by atoms with Gasteiger partial charge in [0.2, 0.25) is 0 Å². The summed E-state index contributed by atoms with van der Waals surface area (Å²) in [6.45, 7) is 2.85. The van der Waals surface area contributed by atoms with Crippen molar-refractivity contribution < 1.29 is 4.42 Å². The summed E-state index contributed by atoms with van der Waals surface area (Å²) in [6.07, 6.45) is 8.20. The van der Waals surface area contributed by atoms with Gasteiger partial charge in [0.15, 0.2) is 5.82 Å². The van der Waals surface area contributed by atoms with E-state index in [1.54, 1.807) is 12.6 Å². The average molecular weight is 332 g/mol. The van der Waals surface area contributed by atoms with Crippen molar-refractivity contribution in [2.75, 3.05) is 0 Å². The molecule has 0 fully saturated rings. The number of furan rings is 1. The molecule has 0 unspecified atom stereocenters. The maximum atomic E-state index is 5.70. The Balaban J connectivity index is 1.59. The first-order chi connectivity index (χ1) is 12.3. The summed E-state index contributed by atoms with van der Waals surface area (Å²) in [5.74, 6) is 2.10. The number of nitrogens with one attached hydrogen (secondary N) is 1. The van der Waals surface area contributed by atoms with Crippen molar-refractivity contribution in [2.24, 2.45) is 0 Å². The number of aromatic nitrogens is 4. The van der Waals surface area contributed by atoms with E-state index in [1.165, 1.54) is 5.56 Å². The van der Waals surface area contributed by atoms with Crippen LogP contribution in [0.15, 0.2) is 71.9 Å². The zero-order chi connectivity index (χ0) is 17.1. The molecule has 126 valence electrons. The highest BCUT2D eigenvalue weighted by atomic mass is 16.3. The van der Waals surface area contributed by atoms with Crippen molar-refractivity contribution in [3.63, 3.8) is 0 Å². The number of nitrogens with zero attached hydrogens (tertiary/aromatic N) is 3. The first-order valence-corrected chi connectivity index (χ1v) is 8.43. The molecule has 0 spiro atoms. The fourth-order valence-electron chi connectivity index (χ4n) is 3.21. The molecular formula is C20H20N4O. The van der Waals surface area contributed by atoms with E-state index in [2.05, 4.69) is 43.8 Å². The molecule has 0 radical (unpaired) electrons. The van der Waals surface area contributed by atoms with Gasteiger partial charge in [0.1, 0.15) is 11.5 Å². The van der Waals surface area contributed by atoms with Crippen LogP contribution in [-0.2, 0) is 6.54 Å². The van der Waals surface area contributed by atoms with Crippen LogP contribution in [0, 0.1) is 6.92 Å². The Morgan fingerprint density at radius 2 is 2.00 bits per heavy atom. The maximum absolute atomic E-state index is 5.70. The lowest BCUT2D eigenvalue weighted by Crippen LogP contribution is -2.07. The standard InChI is InChI=1S/C20H20N4O/c1-15-19(23-14-22-15)20-21-10-12-24(20)11-9-17(18-8-5-13-25-18)16-6-3-2-4-7-16/h2-8,10,12-14,17H,9,11H2,1H3,(H,22,23)/t17-/m0/s1. The predicted molar refractivity (Wildman–Crippen MR) is 96.2 cm³/mol. The summed E-state index contributed by atoms with van der Waals surface area (Å²) in [6, 6.07) is 14.5. The number of hydrogen-bond acceptors (Lipinski definition) is 3. The molecule has 3 aromatic heterocycles. The van der Waals surface area contributed by atoms with Crippen LogP contribution >= 0.6 is 0 Å². The molecular weight excluding hydrogens is 312 g/mol. The summed E-state index contributed by atoms with van der Waals surface area (Å²) in [4.78, 5) is 12.0. The van der Waals surface area contributed by atoms with Crippen molar-refractivity contribution in [1.29, 1.82) is 0 Å². The molecule has 0 aliphatic carbocycles. The van der Waals surface area contributed by atoms with Crippen LogP contribution in [0.5, 0.6) is 0 Å². The van der Waals surface area contributed by atoms with E-state index >= 15 is 0 Å². The van der Waals surface area contributed by atoms with Crippen molar-refractivity contribution in [3.8, 4) is 11.5 Å².